The first-order valence-electron chi connectivity index (χ1n) is 8.91. The number of likely N-dealkylation sites (tertiary alicyclic amines) is 1. The summed E-state index contributed by atoms with van der Waals surface area (Å²) >= 11 is 1.41. The smallest absolute Gasteiger partial charge is 0.256 e. The van der Waals surface area contributed by atoms with Crippen LogP contribution in [0.4, 0.5) is 5.13 Å². The largest absolute Gasteiger partial charge is 0.345 e. The predicted octanol–water partition coefficient (Wildman–Crippen LogP) is 1.76. The van der Waals surface area contributed by atoms with E-state index < -0.39 is 0 Å². The molecule has 0 unspecified atom stereocenters. The van der Waals surface area contributed by atoms with Gasteiger partial charge in [0.05, 0.1) is 17.8 Å². The van der Waals surface area contributed by atoms with E-state index in [1.165, 1.54) is 16.2 Å². The minimum Gasteiger partial charge on any atom is -0.345 e. The number of thiazole rings is 1. The van der Waals surface area contributed by atoms with Gasteiger partial charge in [-0.25, -0.2) is 15.0 Å². The van der Waals surface area contributed by atoms with Gasteiger partial charge < -0.3 is 10.2 Å². The highest BCUT2D eigenvalue weighted by Gasteiger charge is 2.26. The van der Waals surface area contributed by atoms with Crippen molar-refractivity contribution in [2.45, 2.75) is 25.7 Å². The number of hydrogen-bond donors (Lipinski definition) is 1. The number of carbonyl (C=O) groups excluding carboxylic acids is 2. The van der Waals surface area contributed by atoms with E-state index in [0.717, 1.165) is 31.8 Å². The van der Waals surface area contributed by atoms with Crippen molar-refractivity contribution >= 4 is 28.3 Å². The van der Waals surface area contributed by atoms with Crippen LogP contribution in [0.5, 0.6) is 0 Å². The lowest BCUT2D eigenvalue weighted by Crippen LogP contribution is -2.40. The molecule has 27 heavy (non-hydrogen) atoms. The van der Waals surface area contributed by atoms with E-state index in [0.29, 0.717) is 22.9 Å². The highest BCUT2D eigenvalue weighted by molar-refractivity contribution is 7.13. The summed E-state index contributed by atoms with van der Waals surface area (Å²) in [7, 11) is 3.43. The SMILES string of the molecule is Cc1nc([C@H]2CCCN(CC(=O)Nc3nccs3)C2)ncc1C(=O)N(C)C. The van der Waals surface area contributed by atoms with Gasteiger partial charge in [0.15, 0.2) is 5.13 Å². The van der Waals surface area contributed by atoms with E-state index in [4.69, 9.17) is 0 Å². The molecule has 8 nitrogen and oxygen atoms in total. The van der Waals surface area contributed by atoms with E-state index in [1.54, 1.807) is 26.5 Å². The highest BCUT2D eigenvalue weighted by atomic mass is 32.1. The maximum atomic E-state index is 12.2. The lowest BCUT2D eigenvalue weighted by atomic mass is 9.97. The van der Waals surface area contributed by atoms with E-state index in [1.807, 2.05) is 12.3 Å². The molecule has 0 bridgehead atoms. The first-order chi connectivity index (χ1) is 12.9. The average molecular weight is 388 g/mol. The topological polar surface area (TPSA) is 91.3 Å². The van der Waals surface area contributed by atoms with Crippen molar-refractivity contribution in [1.82, 2.24) is 24.8 Å². The minimum atomic E-state index is -0.0943. The van der Waals surface area contributed by atoms with Gasteiger partial charge in [-0.3, -0.25) is 14.5 Å². The second kappa shape index (κ2) is 8.53. The Morgan fingerprint density at radius 2 is 2.19 bits per heavy atom. The average Bonchev–Trinajstić information content (AvgIpc) is 3.14. The monoisotopic (exact) mass is 388 g/mol. The molecule has 0 spiro atoms. The van der Waals surface area contributed by atoms with Gasteiger partial charge in [-0.2, -0.15) is 0 Å². The molecule has 1 aliphatic rings. The lowest BCUT2D eigenvalue weighted by molar-refractivity contribution is -0.117. The van der Waals surface area contributed by atoms with Gasteiger partial charge in [-0.05, 0) is 26.3 Å². The molecule has 0 radical (unpaired) electrons. The van der Waals surface area contributed by atoms with E-state index in [-0.39, 0.29) is 17.7 Å². The van der Waals surface area contributed by atoms with Crippen LogP contribution in [-0.4, -0.2) is 70.3 Å². The van der Waals surface area contributed by atoms with Gasteiger partial charge in [-0.1, -0.05) is 0 Å². The predicted molar refractivity (Wildman–Crippen MR) is 104 cm³/mol. The lowest BCUT2D eigenvalue weighted by Gasteiger charge is -2.31. The number of piperidine rings is 1. The van der Waals surface area contributed by atoms with Crippen LogP contribution in [0.2, 0.25) is 0 Å². The Labute approximate surface area is 162 Å². The fraction of sp³-hybridized carbons (Fsp3) is 0.500. The van der Waals surface area contributed by atoms with Crippen LogP contribution in [0.15, 0.2) is 17.8 Å². The van der Waals surface area contributed by atoms with Gasteiger partial charge in [0.25, 0.3) is 5.91 Å². The molecule has 1 fully saturated rings. The first kappa shape index (κ1) is 19.4. The third kappa shape index (κ3) is 4.86. The summed E-state index contributed by atoms with van der Waals surface area (Å²) in [6.45, 7) is 3.76. The Balaban J connectivity index is 1.63. The molecule has 0 aliphatic carbocycles. The summed E-state index contributed by atoms with van der Waals surface area (Å²) in [4.78, 5) is 41.1. The zero-order chi connectivity index (χ0) is 19.4. The molecule has 144 valence electrons. The standard InChI is InChI=1S/C18H24N6O2S/c1-12-14(17(26)23(2)3)9-20-16(21-12)13-5-4-7-24(10-13)11-15(25)22-18-19-6-8-27-18/h6,8-9,13H,4-5,7,10-11H2,1-3H3,(H,19,22,25)/t13-/m0/s1. The molecule has 2 aromatic heterocycles. The van der Waals surface area contributed by atoms with Crippen LogP contribution in [0, 0.1) is 6.92 Å². The number of nitrogens with one attached hydrogen (secondary N) is 1. The fourth-order valence-electron chi connectivity index (χ4n) is 3.19. The van der Waals surface area contributed by atoms with Crippen LogP contribution in [-0.2, 0) is 4.79 Å². The van der Waals surface area contributed by atoms with Crippen molar-refractivity contribution in [3.05, 3.63) is 34.9 Å². The van der Waals surface area contributed by atoms with Crippen molar-refractivity contribution in [2.24, 2.45) is 0 Å². The number of anilines is 1. The van der Waals surface area contributed by atoms with Gasteiger partial charge in [0.2, 0.25) is 5.91 Å². The van der Waals surface area contributed by atoms with Crippen LogP contribution in [0.1, 0.15) is 40.6 Å². The van der Waals surface area contributed by atoms with Crippen LogP contribution in [0.25, 0.3) is 0 Å². The van der Waals surface area contributed by atoms with Crippen molar-refractivity contribution in [1.29, 1.82) is 0 Å². The molecule has 1 atom stereocenters. The Bertz CT molecular complexity index is 808. The van der Waals surface area contributed by atoms with Crippen molar-refractivity contribution in [3.63, 3.8) is 0 Å². The molecule has 3 heterocycles. The molecule has 0 saturated carbocycles. The molecular formula is C18H24N6O2S. The first-order valence-corrected chi connectivity index (χ1v) is 9.79. The molecular weight excluding hydrogens is 364 g/mol. The third-order valence-electron chi connectivity index (χ3n) is 4.55. The number of hydrogen-bond acceptors (Lipinski definition) is 7. The van der Waals surface area contributed by atoms with E-state index in [9.17, 15) is 9.59 Å². The number of aryl methyl sites for hydroxylation is 1. The second-order valence-corrected chi connectivity index (χ2v) is 7.78. The molecule has 2 amide bonds. The van der Waals surface area contributed by atoms with E-state index in [2.05, 4.69) is 25.2 Å². The maximum absolute atomic E-state index is 12.2. The number of nitrogens with zero attached hydrogens (tertiary/aromatic N) is 5. The number of aromatic nitrogens is 3. The van der Waals surface area contributed by atoms with Gasteiger partial charge >= 0.3 is 0 Å². The molecule has 1 N–H and O–H groups in total. The van der Waals surface area contributed by atoms with Crippen LogP contribution in [0.3, 0.4) is 0 Å². The minimum absolute atomic E-state index is 0.0605. The Kier molecular flexibility index (Phi) is 6.12. The normalized spacial score (nSPS) is 17.5. The van der Waals surface area contributed by atoms with Crippen molar-refractivity contribution in [2.75, 3.05) is 39.0 Å². The molecule has 2 aromatic rings. The summed E-state index contributed by atoms with van der Waals surface area (Å²) in [5.74, 6) is 0.749. The Morgan fingerprint density at radius 3 is 2.85 bits per heavy atom. The van der Waals surface area contributed by atoms with Crippen molar-refractivity contribution in [3.8, 4) is 0 Å². The van der Waals surface area contributed by atoms with Gasteiger partial charge in [-0.15, -0.1) is 11.3 Å². The molecule has 1 aliphatic heterocycles. The summed E-state index contributed by atoms with van der Waals surface area (Å²) < 4.78 is 0. The molecule has 3 rings (SSSR count). The summed E-state index contributed by atoms with van der Waals surface area (Å²) in [5, 5.41) is 5.27. The molecule has 1 saturated heterocycles. The third-order valence-corrected chi connectivity index (χ3v) is 5.24. The summed E-state index contributed by atoms with van der Waals surface area (Å²) in [6.07, 6.45) is 5.25. The highest BCUT2D eigenvalue weighted by Crippen LogP contribution is 2.25. The quantitative estimate of drug-likeness (QED) is 0.839. The second-order valence-electron chi connectivity index (χ2n) is 6.89. The van der Waals surface area contributed by atoms with Crippen LogP contribution < -0.4 is 5.32 Å². The Morgan fingerprint density at radius 1 is 1.37 bits per heavy atom. The number of carbonyl (C=O) groups is 2. The van der Waals surface area contributed by atoms with Gasteiger partial charge in [0.1, 0.15) is 5.82 Å². The Hall–Kier alpha value is -2.39. The van der Waals surface area contributed by atoms with Crippen LogP contribution >= 0.6 is 11.3 Å². The van der Waals surface area contributed by atoms with E-state index >= 15 is 0 Å². The zero-order valence-corrected chi connectivity index (χ0v) is 16.6. The van der Waals surface area contributed by atoms with Crippen molar-refractivity contribution < 1.29 is 9.59 Å². The zero-order valence-electron chi connectivity index (χ0n) is 15.8. The van der Waals surface area contributed by atoms with Gasteiger partial charge in [0, 0.05) is 44.3 Å². The molecule has 0 aromatic carbocycles. The number of rotatable bonds is 5. The number of amides is 2. The summed E-state index contributed by atoms with van der Waals surface area (Å²) in [5.41, 5.74) is 1.22. The maximum Gasteiger partial charge on any atom is 0.256 e. The fourth-order valence-corrected chi connectivity index (χ4v) is 3.73. The summed E-state index contributed by atoms with van der Waals surface area (Å²) in [6, 6.07) is 0. The molecule has 9 heteroatoms.